The maximum atomic E-state index is 16.6. The summed E-state index contributed by atoms with van der Waals surface area (Å²) in [4.78, 5) is 51.4. The zero-order chi connectivity index (χ0) is 37.0. The summed E-state index contributed by atoms with van der Waals surface area (Å²) in [5.74, 6) is -3.19. The van der Waals surface area contributed by atoms with Crippen molar-refractivity contribution >= 4 is 14.0 Å². The van der Waals surface area contributed by atoms with Gasteiger partial charge in [-0.2, -0.15) is 0 Å². The summed E-state index contributed by atoms with van der Waals surface area (Å²) >= 11 is 0. The van der Waals surface area contributed by atoms with Crippen LogP contribution < -0.4 is 20.7 Å². The Bertz CT molecular complexity index is 2100. The zero-order valence-corrected chi connectivity index (χ0v) is 28.8. The third-order valence-corrected chi connectivity index (χ3v) is 9.29. The molecule has 1 aliphatic rings. The van der Waals surface area contributed by atoms with Gasteiger partial charge in [0.25, 0.3) is 5.56 Å². The first-order chi connectivity index (χ1) is 25.0. The topological polar surface area (TPSA) is 176 Å². The van der Waals surface area contributed by atoms with Crippen LogP contribution >= 0.6 is 8.25 Å². The van der Waals surface area contributed by atoms with Crippen LogP contribution in [0, 0.1) is 0 Å². The first-order valence-electron chi connectivity index (χ1n) is 15.9. The molecule has 15 heteroatoms. The number of hydrogen-bond donors (Lipinski definition) is 3. The number of carbonyl (C=O) groups is 1. The maximum Gasteiger partial charge on any atom is 0.330 e. The van der Waals surface area contributed by atoms with Crippen molar-refractivity contribution in [1.82, 2.24) is 9.55 Å². The molecule has 1 fully saturated rings. The van der Waals surface area contributed by atoms with E-state index in [0.29, 0.717) is 32.8 Å². The quantitative estimate of drug-likeness (QED) is 0.0687. The molecule has 52 heavy (non-hydrogen) atoms. The van der Waals surface area contributed by atoms with E-state index in [0.717, 1.165) is 12.3 Å². The molecule has 1 aliphatic heterocycles. The summed E-state index contributed by atoms with van der Waals surface area (Å²) in [6.45, 7) is 0. The van der Waals surface area contributed by atoms with Crippen LogP contribution in [0.2, 0.25) is 0 Å². The minimum absolute atomic E-state index is 0.0431. The molecule has 6 atom stereocenters. The SMILES string of the molecule is COc1ccc(C(OC(C(=O)c2ccccc2)[C@H]2O[C@@H](n3ccc(=O)[nH]c3=O)[C@H](F)[C@]2(O)O[PH](=O)O)(c2ccccc2)c2ccc(OC)cc2)cc1. The van der Waals surface area contributed by atoms with Gasteiger partial charge in [-0.05, 0) is 41.0 Å². The number of rotatable bonds is 13. The minimum atomic E-state index is -4.16. The average molecular weight is 733 g/mol. The molecule has 2 heterocycles. The molecule has 0 spiro atoms. The summed E-state index contributed by atoms with van der Waals surface area (Å²) in [5.41, 5.74) is -2.28. The van der Waals surface area contributed by atoms with E-state index in [1.54, 1.807) is 97.1 Å². The Morgan fingerprint density at radius 1 is 0.865 bits per heavy atom. The number of H-pyrrole nitrogens is 1. The second-order valence-electron chi connectivity index (χ2n) is 11.8. The lowest BCUT2D eigenvalue weighted by atomic mass is 9.79. The van der Waals surface area contributed by atoms with Crippen LogP contribution in [-0.4, -0.2) is 63.7 Å². The van der Waals surface area contributed by atoms with E-state index < -0.39 is 61.3 Å². The number of hydrogen-bond acceptors (Lipinski definition) is 10. The van der Waals surface area contributed by atoms with Crippen LogP contribution in [0.5, 0.6) is 11.5 Å². The fraction of sp³-hybridized carbons (Fsp3) is 0.216. The largest absolute Gasteiger partial charge is 0.497 e. The number of aliphatic hydroxyl groups is 1. The lowest BCUT2D eigenvalue weighted by Gasteiger charge is -2.41. The number of methoxy groups -OCH3 is 2. The van der Waals surface area contributed by atoms with Gasteiger partial charge in [0.1, 0.15) is 17.1 Å². The standard InChI is InChI=1S/C37H34FN2O11P/c1-47-27-17-13-25(14-18-27)36(24-11-7-4-8-12-24,26-15-19-28(48-2)20-16-26)50-31(30(42)23-9-5-3-6-10-23)33-37(44,51-52(45)46)32(38)34(49-33)40-22-21-29(41)39-35(40)43/h3-22,31-34,44,52H,1-2H3,(H,45,46)(H,39,41,43)/t31?,32-,33+,34+,37-/m0/s1. The fourth-order valence-corrected chi connectivity index (χ4v) is 6.80. The number of aromatic nitrogens is 2. The highest BCUT2D eigenvalue weighted by Gasteiger charge is 2.65. The molecule has 1 saturated heterocycles. The van der Waals surface area contributed by atoms with Crippen molar-refractivity contribution in [2.75, 3.05) is 14.2 Å². The van der Waals surface area contributed by atoms with Crippen LogP contribution in [-0.2, 0) is 24.2 Å². The maximum absolute atomic E-state index is 16.6. The van der Waals surface area contributed by atoms with Gasteiger partial charge in [0, 0.05) is 17.8 Å². The fourth-order valence-electron chi connectivity index (χ4n) is 6.29. The van der Waals surface area contributed by atoms with Crippen molar-refractivity contribution in [1.29, 1.82) is 0 Å². The normalized spacial score (nSPS) is 21.3. The number of ketones is 1. The predicted octanol–water partition coefficient (Wildman–Crippen LogP) is 4.14. The number of halogens is 1. The van der Waals surface area contributed by atoms with Gasteiger partial charge < -0.3 is 28.9 Å². The Morgan fingerprint density at radius 2 is 1.38 bits per heavy atom. The molecule has 0 bridgehead atoms. The van der Waals surface area contributed by atoms with Crippen molar-refractivity contribution < 1.29 is 47.2 Å². The van der Waals surface area contributed by atoms with Crippen molar-refractivity contribution in [3.8, 4) is 11.5 Å². The number of nitrogens with zero attached hydrogens (tertiary/aromatic N) is 1. The van der Waals surface area contributed by atoms with E-state index in [1.165, 1.54) is 26.4 Å². The monoisotopic (exact) mass is 732 g/mol. The van der Waals surface area contributed by atoms with Gasteiger partial charge in [0.05, 0.1) is 14.2 Å². The van der Waals surface area contributed by atoms with Crippen LogP contribution in [0.1, 0.15) is 33.3 Å². The molecule has 5 aromatic rings. The van der Waals surface area contributed by atoms with Gasteiger partial charge in [-0.25, -0.2) is 9.18 Å². The molecule has 6 rings (SSSR count). The molecule has 1 aromatic heterocycles. The first-order valence-corrected chi connectivity index (χ1v) is 17.1. The molecular formula is C37H34FN2O11P. The Balaban J connectivity index is 1.63. The highest BCUT2D eigenvalue weighted by molar-refractivity contribution is 7.32. The number of alkyl halides is 1. The van der Waals surface area contributed by atoms with Gasteiger partial charge in [-0.15, -0.1) is 0 Å². The number of ether oxygens (including phenoxy) is 4. The third-order valence-electron chi connectivity index (χ3n) is 8.78. The smallest absolute Gasteiger partial charge is 0.330 e. The molecule has 3 N–H and O–H groups in total. The molecule has 0 amide bonds. The summed E-state index contributed by atoms with van der Waals surface area (Å²) in [7, 11) is -1.16. The van der Waals surface area contributed by atoms with Crippen LogP contribution in [0.15, 0.2) is 131 Å². The number of aromatic amines is 1. The van der Waals surface area contributed by atoms with Crippen molar-refractivity contribution in [3.05, 3.63) is 165 Å². The van der Waals surface area contributed by atoms with E-state index in [9.17, 15) is 28.9 Å². The molecular weight excluding hydrogens is 698 g/mol. The minimum Gasteiger partial charge on any atom is -0.497 e. The summed E-state index contributed by atoms with van der Waals surface area (Å²) in [6.07, 6.45) is -8.16. The van der Waals surface area contributed by atoms with Gasteiger partial charge >= 0.3 is 13.9 Å². The molecule has 2 unspecified atom stereocenters. The highest BCUT2D eigenvalue weighted by Crippen LogP contribution is 2.49. The Kier molecular flexibility index (Phi) is 10.7. The van der Waals surface area contributed by atoms with Crippen molar-refractivity contribution in [2.45, 2.75) is 36.0 Å². The van der Waals surface area contributed by atoms with Crippen LogP contribution in [0.3, 0.4) is 0 Å². The van der Waals surface area contributed by atoms with E-state index in [-0.39, 0.29) is 5.56 Å². The first kappa shape index (κ1) is 36.6. The average Bonchev–Trinajstić information content (AvgIpc) is 3.41. The molecule has 0 radical (unpaired) electrons. The van der Waals surface area contributed by atoms with Crippen LogP contribution in [0.25, 0.3) is 0 Å². The van der Waals surface area contributed by atoms with E-state index >= 15 is 4.39 Å². The second-order valence-corrected chi connectivity index (χ2v) is 12.5. The van der Waals surface area contributed by atoms with Gasteiger partial charge in [0.15, 0.2) is 24.2 Å². The second kappa shape index (κ2) is 15.2. The Hall–Kier alpha value is -5.21. The summed E-state index contributed by atoms with van der Waals surface area (Å²) < 4.78 is 58.3. The summed E-state index contributed by atoms with van der Waals surface area (Å²) in [6, 6.07) is 30.9. The number of benzene rings is 4. The third kappa shape index (κ3) is 6.87. The molecule has 270 valence electrons. The molecule has 4 aromatic carbocycles. The number of nitrogens with one attached hydrogen (secondary N) is 1. The van der Waals surface area contributed by atoms with Crippen LogP contribution in [0.4, 0.5) is 4.39 Å². The van der Waals surface area contributed by atoms with Crippen molar-refractivity contribution in [3.63, 3.8) is 0 Å². The van der Waals surface area contributed by atoms with Gasteiger partial charge in [-0.3, -0.25) is 28.2 Å². The summed E-state index contributed by atoms with van der Waals surface area (Å²) in [5, 5.41) is 12.0. The van der Waals surface area contributed by atoms with Gasteiger partial charge in [-0.1, -0.05) is 84.9 Å². The lowest BCUT2D eigenvalue weighted by molar-refractivity contribution is -0.226. The predicted molar refractivity (Wildman–Crippen MR) is 185 cm³/mol. The highest BCUT2D eigenvalue weighted by atomic mass is 31.1. The van der Waals surface area contributed by atoms with Crippen molar-refractivity contribution in [2.24, 2.45) is 0 Å². The zero-order valence-electron chi connectivity index (χ0n) is 27.8. The molecule has 13 nitrogen and oxygen atoms in total. The Morgan fingerprint density at radius 3 is 1.88 bits per heavy atom. The van der Waals surface area contributed by atoms with E-state index in [4.69, 9.17) is 23.5 Å². The Labute approximate surface area is 296 Å². The lowest BCUT2D eigenvalue weighted by Crippen LogP contribution is -2.56. The number of Topliss-reactive ketones (excluding diaryl/α,β-unsaturated/α-hetero) is 1. The van der Waals surface area contributed by atoms with E-state index in [2.05, 4.69) is 0 Å². The molecule has 0 aliphatic carbocycles. The van der Waals surface area contributed by atoms with E-state index in [1.807, 2.05) is 4.98 Å². The number of carbonyl (C=O) groups excluding carboxylic acids is 1. The van der Waals surface area contributed by atoms with Gasteiger partial charge in [0.2, 0.25) is 12.0 Å². The molecule has 0 saturated carbocycles.